The van der Waals surface area contributed by atoms with Crippen molar-refractivity contribution in [1.29, 1.82) is 0 Å². The lowest BCUT2D eigenvalue weighted by Gasteiger charge is -2.03. The van der Waals surface area contributed by atoms with E-state index >= 15 is 0 Å². The van der Waals surface area contributed by atoms with Gasteiger partial charge in [0.15, 0.2) is 0 Å². The van der Waals surface area contributed by atoms with Crippen LogP contribution >= 0.6 is 0 Å². The highest BCUT2D eigenvalue weighted by Crippen LogP contribution is 2.42. The van der Waals surface area contributed by atoms with Gasteiger partial charge in [-0.1, -0.05) is 6.92 Å². The third-order valence-corrected chi connectivity index (χ3v) is 3.35. The van der Waals surface area contributed by atoms with E-state index in [9.17, 15) is 0 Å². The highest BCUT2D eigenvalue weighted by atomic mass is 15.8. The molecule has 2 heterocycles. The average Bonchev–Trinajstić information content (AvgIpc) is 2.77. The molecule has 64 valence electrons. The fourth-order valence-corrected chi connectivity index (χ4v) is 2.21. The molecule has 0 aromatic heterocycles. The molecule has 2 fully saturated rings. The summed E-state index contributed by atoms with van der Waals surface area (Å²) >= 11 is 0. The second-order valence-electron chi connectivity index (χ2n) is 3.96. The van der Waals surface area contributed by atoms with Crippen molar-refractivity contribution in [2.75, 3.05) is 0 Å². The predicted molar refractivity (Wildman–Crippen MR) is 46.1 cm³/mol. The van der Waals surface area contributed by atoms with Crippen LogP contribution in [0.4, 0.5) is 0 Å². The molecule has 2 rings (SSSR count). The van der Waals surface area contributed by atoms with Gasteiger partial charge in [-0.05, 0) is 27.2 Å². The Morgan fingerprint density at radius 2 is 1.45 bits per heavy atom. The van der Waals surface area contributed by atoms with Gasteiger partial charge in [0.2, 0.25) is 0 Å². The maximum Gasteiger partial charge on any atom is 0.0414 e. The number of hydrogen-bond acceptors (Lipinski definition) is 2. The van der Waals surface area contributed by atoms with Gasteiger partial charge in [-0.3, -0.25) is 0 Å². The van der Waals surface area contributed by atoms with Crippen LogP contribution in [0.3, 0.4) is 0 Å². The summed E-state index contributed by atoms with van der Waals surface area (Å²) in [5.41, 5.74) is 0. The first kappa shape index (κ1) is 7.56. The molecule has 0 aromatic rings. The number of hydrogen-bond donors (Lipinski definition) is 0. The first-order valence-electron chi connectivity index (χ1n) is 4.75. The van der Waals surface area contributed by atoms with Crippen molar-refractivity contribution in [3.05, 3.63) is 0 Å². The second kappa shape index (κ2) is 2.20. The zero-order chi connectivity index (χ0) is 8.17. The predicted octanol–water partition coefficient (Wildman–Crippen LogP) is 1.48. The van der Waals surface area contributed by atoms with E-state index in [1.54, 1.807) is 0 Å². The Bertz CT molecular complexity index is 161. The van der Waals surface area contributed by atoms with Crippen LogP contribution in [-0.2, 0) is 0 Å². The van der Waals surface area contributed by atoms with Gasteiger partial charge in [0, 0.05) is 24.2 Å². The maximum absolute atomic E-state index is 2.54. The number of hydrazine groups is 1. The second-order valence-corrected chi connectivity index (χ2v) is 3.96. The van der Waals surface area contributed by atoms with Crippen molar-refractivity contribution in [1.82, 2.24) is 10.0 Å². The molecule has 5 unspecified atom stereocenters. The van der Waals surface area contributed by atoms with Gasteiger partial charge < -0.3 is 0 Å². The quantitative estimate of drug-likeness (QED) is 0.556. The summed E-state index contributed by atoms with van der Waals surface area (Å²) in [6, 6.07) is 3.26. The van der Waals surface area contributed by atoms with E-state index in [0.717, 1.165) is 24.2 Å². The monoisotopic (exact) mass is 154 g/mol. The lowest BCUT2D eigenvalue weighted by atomic mass is 10.3. The Balaban J connectivity index is 1.91. The molecule has 5 atom stereocenters. The summed E-state index contributed by atoms with van der Waals surface area (Å²) < 4.78 is 0. The van der Waals surface area contributed by atoms with Crippen molar-refractivity contribution >= 4 is 0 Å². The molecule has 0 N–H and O–H groups in total. The molecule has 2 aliphatic rings. The molecule has 0 saturated carbocycles. The van der Waals surface area contributed by atoms with Gasteiger partial charge in [0.25, 0.3) is 0 Å². The van der Waals surface area contributed by atoms with Gasteiger partial charge in [-0.2, -0.15) is 0 Å². The van der Waals surface area contributed by atoms with Crippen molar-refractivity contribution in [3.8, 4) is 0 Å². The molecule has 2 saturated heterocycles. The van der Waals surface area contributed by atoms with E-state index < -0.39 is 0 Å². The molecule has 0 radical (unpaired) electrons. The van der Waals surface area contributed by atoms with E-state index in [1.807, 2.05) is 0 Å². The molecule has 2 aliphatic heterocycles. The van der Waals surface area contributed by atoms with E-state index in [1.165, 1.54) is 6.42 Å². The first-order chi connectivity index (χ1) is 5.18. The van der Waals surface area contributed by atoms with Crippen LogP contribution in [0, 0.1) is 0 Å². The summed E-state index contributed by atoms with van der Waals surface area (Å²) in [6.45, 7) is 9.22. The Kier molecular flexibility index (Phi) is 1.52. The van der Waals surface area contributed by atoms with E-state index in [2.05, 4.69) is 37.7 Å². The van der Waals surface area contributed by atoms with Gasteiger partial charge in [0.1, 0.15) is 0 Å². The van der Waals surface area contributed by atoms with E-state index in [4.69, 9.17) is 0 Å². The van der Waals surface area contributed by atoms with Gasteiger partial charge in [-0.25, -0.2) is 10.0 Å². The standard InChI is InChI=1S/C9H18N2/c1-5-9-8(4)11(9)10-6(2)7(10)3/h6-9H,5H2,1-4H3. The Morgan fingerprint density at radius 3 is 1.73 bits per heavy atom. The van der Waals surface area contributed by atoms with Crippen molar-refractivity contribution in [2.24, 2.45) is 0 Å². The lowest BCUT2D eigenvalue weighted by molar-refractivity contribution is 0.191. The van der Waals surface area contributed by atoms with Crippen molar-refractivity contribution < 1.29 is 0 Å². The summed E-state index contributed by atoms with van der Waals surface area (Å²) in [6.07, 6.45) is 1.30. The molecule has 0 aliphatic carbocycles. The SMILES string of the molecule is CCC1C(C)N1N1C(C)C1C. The summed E-state index contributed by atoms with van der Waals surface area (Å²) in [5, 5.41) is 5.05. The molecule has 0 bridgehead atoms. The van der Waals surface area contributed by atoms with Gasteiger partial charge in [0.05, 0.1) is 0 Å². The Morgan fingerprint density at radius 1 is 0.909 bits per heavy atom. The smallest absolute Gasteiger partial charge is 0.0414 e. The summed E-state index contributed by atoms with van der Waals surface area (Å²) in [5.74, 6) is 0. The van der Waals surface area contributed by atoms with Crippen LogP contribution in [0.5, 0.6) is 0 Å². The normalized spacial score (nSPS) is 61.1. The summed E-state index contributed by atoms with van der Waals surface area (Å²) in [4.78, 5) is 0. The minimum atomic E-state index is 0.800. The zero-order valence-electron chi connectivity index (χ0n) is 7.91. The first-order valence-corrected chi connectivity index (χ1v) is 4.75. The highest BCUT2D eigenvalue weighted by molar-refractivity contribution is 5.05. The number of rotatable bonds is 2. The van der Waals surface area contributed by atoms with Gasteiger partial charge >= 0.3 is 0 Å². The van der Waals surface area contributed by atoms with Crippen LogP contribution in [0.2, 0.25) is 0 Å². The molecule has 11 heavy (non-hydrogen) atoms. The van der Waals surface area contributed by atoms with Crippen molar-refractivity contribution in [3.63, 3.8) is 0 Å². The molecular formula is C9H18N2. The average molecular weight is 154 g/mol. The van der Waals surface area contributed by atoms with Crippen molar-refractivity contribution in [2.45, 2.75) is 58.3 Å². The Hall–Kier alpha value is -0.0800. The van der Waals surface area contributed by atoms with E-state index in [-0.39, 0.29) is 0 Å². The lowest BCUT2D eigenvalue weighted by Crippen LogP contribution is -2.13. The van der Waals surface area contributed by atoms with Crippen LogP contribution in [0.1, 0.15) is 34.1 Å². The zero-order valence-corrected chi connectivity index (χ0v) is 7.91. The van der Waals surface area contributed by atoms with E-state index in [0.29, 0.717) is 0 Å². The Labute approximate surface area is 69.1 Å². The number of nitrogens with zero attached hydrogens (tertiary/aromatic N) is 2. The molecule has 2 nitrogen and oxygen atoms in total. The summed E-state index contributed by atoms with van der Waals surface area (Å²) in [7, 11) is 0. The molecule has 0 spiro atoms. The third-order valence-electron chi connectivity index (χ3n) is 3.35. The third kappa shape index (κ3) is 0.926. The topological polar surface area (TPSA) is 6.02 Å². The molecule has 2 heteroatoms. The fourth-order valence-electron chi connectivity index (χ4n) is 2.21. The molecule has 0 amide bonds. The molecular weight excluding hydrogens is 136 g/mol. The largest absolute Gasteiger partial charge is 0.232 e. The fraction of sp³-hybridized carbons (Fsp3) is 1.00. The van der Waals surface area contributed by atoms with Crippen LogP contribution < -0.4 is 0 Å². The minimum Gasteiger partial charge on any atom is -0.232 e. The van der Waals surface area contributed by atoms with Crippen LogP contribution in [0.15, 0.2) is 0 Å². The van der Waals surface area contributed by atoms with Gasteiger partial charge in [-0.15, -0.1) is 0 Å². The van der Waals surface area contributed by atoms with Crippen LogP contribution in [0.25, 0.3) is 0 Å². The van der Waals surface area contributed by atoms with Crippen LogP contribution in [-0.4, -0.2) is 34.2 Å². The highest BCUT2D eigenvalue weighted by Gasteiger charge is 2.56. The molecule has 0 aromatic carbocycles. The maximum atomic E-state index is 2.54. The minimum absolute atomic E-state index is 0.800.